The molecule has 0 saturated carbocycles. The fourth-order valence-corrected chi connectivity index (χ4v) is 6.27. The standard InChI is InChI=1S/C31H28N2O5S/c1-37-25-16-18-26(19-17-25)38-21-20-32-31(34)30-29(24-12-6-3-7-13-24)27-14-8-9-15-28(27)33(39(30,35)36)22-23-10-4-2-5-11-23/h2-19H,20-22H2,1H3,(H,32,34). The van der Waals surface area contributed by atoms with E-state index in [0.717, 1.165) is 5.56 Å². The number of hydrogen-bond donors (Lipinski definition) is 1. The lowest BCUT2D eigenvalue weighted by Gasteiger charge is -2.33. The van der Waals surface area contributed by atoms with Gasteiger partial charge in [-0.2, -0.15) is 0 Å². The third-order valence-corrected chi connectivity index (χ3v) is 8.18. The minimum atomic E-state index is -4.22. The van der Waals surface area contributed by atoms with Gasteiger partial charge in [0.15, 0.2) is 4.91 Å². The maximum Gasteiger partial charge on any atom is 0.270 e. The number of methoxy groups -OCH3 is 1. The maximum atomic E-state index is 14.2. The first-order chi connectivity index (χ1) is 19.0. The third-order valence-electron chi connectivity index (χ3n) is 6.37. The molecule has 0 spiro atoms. The van der Waals surface area contributed by atoms with E-state index in [9.17, 15) is 13.2 Å². The van der Waals surface area contributed by atoms with Gasteiger partial charge in [0.05, 0.1) is 25.9 Å². The highest BCUT2D eigenvalue weighted by atomic mass is 32.2. The molecule has 39 heavy (non-hydrogen) atoms. The summed E-state index contributed by atoms with van der Waals surface area (Å²) >= 11 is 0. The lowest BCUT2D eigenvalue weighted by molar-refractivity contribution is -0.116. The second-order valence-corrected chi connectivity index (χ2v) is 10.7. The van der Waals surface area contributed by atoms with Gasteiger partial charge in [-0.05, 0) is 41.5 Å². The van der Waals surface area contributed by atoms with Crippen molar-refractivity contribution in [2.45, 2.75) is 6.54 Å². The van der Waals surface area contributed by atoms with Gasteiger partial charge in [0.1, 0.15) is 18.1 Å². The smallest absolute Gasteiger partial charge is 0.270 e. The van der Waals surface area contributed by atoms with Crippen LogP contribution in [-0.2, 0) is 21.4 Å². The Morgan fingerprint density at radius 2 is 1.41 bits per heavy atom. The fraction of sp³-hybridized carbons (Fsp3) is 0.129. The first kappa shape index (κ1) is 26.1. The molecule has 198 valence electrons. The Kier molecular flexibility index (Phi) is 7.65. The average molecular weight is 541 g/mol. The second-order valence-electron chi connectivity index (χ2n) is 8.86. The van der Waals surface area contributed by atoms with Crippen molar-refractivity contribution in [2.24, 2.45) is 0 Å². The summed E-state index contributed by atoms with van der Waals surface area (Å²) in [6.07, 6.45) is 0. The van der Waals surface area contributed by atoms with E-state index in [0.29, 0.717) is 33.9 Å². The number of carbonyl (C=O) groups is 1. The van der Waals surface area contributed by atoms with E-state index in [2.05, 4.69) is 5.32 Å². The summed E-state index contributed by atoms with van der Waals surface area (Å²) in [4.78, 5) is 13.4. The molecule has 1 heterocycles. The number of ether oxygens (including phenoxy) is 2. The lowest BCUT2D eigenvalue weighted by Crippen LogP contribution is -2.42. The number of anilines is 1. The van der Waals surface area contributed by atoms with Gasteiger partial charge in [-0.1, -0.05) is 78.9 Å². The van der Waals surface area contributed by atoms with E-state index in [1.165, 1.54) is 4.31 Å². The van der Waals surface area contributed by atoms with E-state index >= 15 is 0 Å². The maximum absolute atomic E-state index is 14.2. The van der Waals surface area contributed by atoms with E-state index < -0.39 is 15.9 Å². The molecule has 0 saturated heterocycles. The van der Waals surface area contributed by atoms with Crippen molar-refractivity contribution < 1.29 is 22.7 Å². The van der Waals surface area contributed by atoms with Gasteiger partial charge < -0.3 is 14.8 Å². The van der Waals surface area contributed by atoms with Crippen molar-refractivity contribution in [3.8, 4) is 11.5 Å². The normalized spacial score (nSPS) is 13.9. The highest BCUT2D eigenvalue weighted by molar-refractivity contribution is 7.97. The molecule has 0 radical (unpaired) electrons. The van der Waals surface area contributed by atoms with Gasteiger partial charge in [0.2, 0.25) is 0 Å². The zero-order valence-corrected chi connectivity index (χ0v) is 22.2. The number of carbonyl (C=O) groups excluding carboxylic acids is 1. The largest absolute Gasteiger partial charge is 0.497 e. The minimum absolute atomic E-state index is 0.0968. The number of nitrogens with zero attached hydrogens (tertiary/aromatic N) is 1. The van der Waals surface area contributed by atoms with Crippen LogP contribution < -0.4 is 19.1 Å². The number of sulfonamides is 1. The SMILES string of the molecule is COc1ccc(OCCNC(=O)C2=C(c3ccccc3)c3ccccc3N(Cc3ccccc3)S2(=O)=O)cc1. The monoisotopic (exact) mass is 540 g/mol. The molecule has 1 N–H and O–H groups in total. The van der Waals surface area contributed by atoms with Gasteiger partial charge in [0, 0.05) is 11.1 Å². The molecule has 4 aromatic rings. The summed E-state index contributed by atoms with van der Waals surface area (Å²) in [5.41, 5.74) is 3.04. The molecule has 8 heteroatoms. The molecule has 1 amide bonds. The third kappa shape index (κ3) is 5.51. The van der Waals surface area contributed by atoms with Gasteiger partial charge in [-0.3, -0.25) is 9.10 Å². The van der Waals surface area contributed by atoms with Crippen LogP contribution in [0.1, 0.15) is 16.7 Å². The zero-order valence-electron chi connectivity index (χ0n) is 21.4. The van der Waals surface area contributed by atoms with Crippen LogP contribution in [0.3, 0.4) is 0 Å². The predicted octanol–water partition coefficient (Wildman–Crippen LogP) is 5.00. The van der Waals surface area contributed by atoms with Gasteiger partial charge in [-0.15, -0.1) is 0 Å². The molecule has 7 nitrogen and oxygen atoms in total. The quantitative estimate of drug-likeness (QED) is 0.302. The summed E-state index contributed by atoms with van der Waals surface area (Å²) in [6, 6.07) is 32.8. The van der Waals surface area contributed by atoms with Crippen molar-refractivity contribution in [3.63, 3.8) is 0 Å². The molecule has 0 aromatic heterocycles. The van der Waals surface area contributed by atoms with Crippen molar-refractivity contribution in [3.05, 3.63) is 131 Å². The number of benzene rings is 4. The molecule has 0 fully saturated rings. The minimum Gasteiger partial charge on any atom is -0.497 e. The summed E-state index contributed by atoms with van der Waals surface area (Å²) < 4.78 is 40.5. The zero-order chi connectivity index (χ0) is 27.2. The van der Waals surface area contributed by atoms with E-state index in [1.807, 2.05) is 72.8 Å². The highest BCUT2D eigenvalue weighted by Gasteiger charge is 2.41. The molecular weight excluding hydrogens is 512 g/mol. The van der Waals surface area contributed by atoms with Gasteiger partial charge in [-0.25, -0.2) is 8.42 Å². The van der Waals surface area contributed by atoms with Crippen molar-refractivity contribution in [1.82, 2.24) is 5.32 Å². The number of amides is 1. The van der Waals surface area contributed by atoms with Gasteiger partial charge >= 0.3 is 0 Å². The van der Waals surface area contributed by atoms with Crippen molar-refractivity contribution in [1.29, 1.82) is 0 Å². The number of fused-ring (bicyclic) bond motifs is 1. The van der Waals surface area contributed by atoms with Crippen molar-refractivity contribution in [2.75, 3.05) is 24.6 Å². The molecule has 0 bridgehead atoms. The lowest BCUT2D eigenvalue weighted by atomic mass is 9.95. The van der Waals surface area contributed by atoms with E-state index in [4.69, 9.17) is 9.47 Å². The van der Waals surface area contributed by atoms with E-state index in [1.54, 1.807) is 43.5 Å². The predicted molar refractivity (Wildman–Crippen MR) is 152 cm³/mol. The topological polar surface area (TPSA) is 84.9 Å². The highest BCUT2D eigenvalue weighted by Crippen LogP contribution is 2.43. The molecule has 1 aliphatic rings. The Morgan fingerprint density at radius 1 is 0.795 bits per heavy atom. The van der Waals surface area contributed by atoms with Crippen molar-refractivity contribution >= 4 is 27.2 Å². The Bertz CT molecular complexity index is 1590. The Hall–Kier alpha value is -4.56. The van der Waals surface area contributed by atoms with Crippen LogP contribution in [0.25, 0.3) is 5.57 Å². The van der Waals surface area contributed by atoms with E-state index in [-0.39, 0.29) is 24.6 Å². The number of rotatable bonds is 9. The molecule has 0 unspecified atom stereocenters. The number of hydrogen-bond acceptors (Lipinski definition) is 5. The van der Waals surface area contributed by atoms with Crippen LogP contribution in [0.15, 0.2) is 114 Å². The van der Waals surface area contributed by atoms with Crippen LogP contribution in [0.5, 0.6) is 11.5 Å². The second kappa shape index (κ2) is 11.4. The van der Waals surface area contributed by atoms with Crippen LogP contribution in [0.4, 0.5) is 5.69 Å². The molecule has 5 rings (SSSR count). The number of nitrogens with one attached hydrogen (secondary N) is 1. The average Bonchev–Trinajstić information content (AvgIpc) is 2.97. The first-order valence-electron chi connectivity index (χ1n) is 12.5. The summed E-state index contributed by atoms with van der Waals surface area (Å²) in [5, 5.41) is 2.76. The summed E-state index contributed by atoms with van der Waals surface area (Å²) in [5.74, 6) is 0.640. The van der Waals surface area contributed by atoms with Crippen LogP contribution in [-0.4, -0.2) is 34.6 Å². The van der Waals surface area contributed by atoms with Crippen LogP contribution >= 0.6 is 0 Å². The summed E-state index contributed by atoms with van der Waals surface area (Å²) in [6.45, 7) is 0.377. The van der Waals surface area contributed by atoms with Gasteiger partial charge in [0.25, 0.3) is 15.9 Å². The molecule has 4 aromatic carbocycles. The molecule has 1 aliphatic heterocycles. The fourth-order valence-electron chi connectivity index (χ4n) is 4.52. The summed E-state index contributed by atoms with van der Waals surface area (Å²) in [7, 11) is -2.64. The Morgan fingerprint density at radius 3 is 2.10 bits per heavy atom. The first-order valence-corrected chi connectivity index (χ1v) is 13.9. The van der Waals surface area contributed by atoms with Crippen LogP contribution in [0, 0.1) is 0 Å². The molecule has 0 atom stereocenters. The Labute approximate surface area is 228 Å². The Balaban J connectivity index is 1.49. The molecular formula is C31H28N2O5S. The number of para-hydroxylation sites is 1. The van der Waals surface area contributed by atoms with Crippen LogP contribution in [0.2, 0.25) is 0 Å². The molecule has 0 aliphatic carbocycles.